The average molecular weight is 961 g/mol. The largest absolute Gasteiger partial charge is 0.477 e. The van der Waals surface area contributed by atoms with Crippen molar-refractivity contribution in [2.24, 2.45) is 0 Å². The van der Waals surface area contributed by atoms with Gasteiger partial charge in [0.1, 0.15) is 11.6 Å². The first-order chi connectivity index (χ1) is 35.9. The van der Waals surface area contributed by atoms with Gasteiger partial charge in [-0.25, -0.2) is 14.8 Å². The third-order valence-electron chi connectivity index (χ3n) is 13.9. The van der Waals surface area contributed by atoms with E-state index in [9.17, 15) is 15.2 Å². The highest BCUT2D eigenvalue weighted by molar-refractivity contribution is 6.02. The number of H-pyrrole nitrogens is 2. The fourth-order valence-electron chi connectivity index (χ4n) is 10.9. The lowest BCUT2D eigenvalue weighted by Crippen LogP contribution is -2.09. The number of nitrogens with one attached hydrogen (secondary N) is 2. The zero-order valence-electron chi connectivity index (χ0n) is 42.0. The molecular formula is C66H52N6O2. The molecule has 3 aromatic heterocycles. The van der Waals surface area contributed by atoms with Crippen molar-refractivity contribution in [3.05, 3.63) is 225 Å². The number of aromatic amines is 2. The molecule has 0 saturated carbocycles. The van der Waals surface area contributed by atoms with Gasteiger partial charge in [-0.1, -0.05) is 108 Å². The number of rotatable bonds is 9. The van der Waals surface area contributed by atoms with Gasteiger partial charge in [-0.2, -0.15) is 5.26 Å². The van der Waals surface area contributed by atoms with Crippen molar-refractivity contribution < 1.29 is 9.90 Å². The Hall–Kier alpha value is -9.58. The van der Waals surface area contributed by atoms with Gasteiger partial charge in [0.25, 0.3) is 0 Å². The zero-order chi connectivity index (χ0) is 51.2. The molecule has 0 unspecified atom stereocenters. The van der Waals surface area contributed by atoms with Gasteiger partial charge in [-0.15, -0.1) is 0 Å². The van der Waals surface area contributed by atoms with E-state index >= 15 is 0 Å². The number of para-hydroxylation sites is 2. The van der Waals surface area contributed by atoms with E-state index in [4.69, 9.17) is 9.97 Å². The number of aliphatic carboxylic acids is 1. The summed E-state index contributed by atoms with van der Waals surface area (Å²) < 4.78 is 0. The van der Waals surface area contributed by atoms with Crippen LogP contribution < -0.4 is 4.90 Å². The van der Waals surface area contributed by atoms with Gasteiger partial charge in [-0.05, 0) is 183 Å². The van der Waals surface area contributed by atoms with Crippen molar-refractivity contribution in [3.63, 3.8) is 0 Å². The Bertz CT molecular complexity index is 3900. The fraction of sp³-hybridized carbons (Fsp3) is 0.0909. The molecule has 0 aliphatic carbocycles. The molecule has 0 atom stereocenters. The number of benzene rings is 6. The molecular weight excluding hydrogens is 909 g/mol. The zero-order valence-corrected chi connectivity index (χ0v) is 42.0. The second-order valence-corrected chi connectivity index (χ2v) is 19.2. The van der Waals surface area contributed by atoms with Crippen LogP contribution in [0.15, 0.2) is 163 Å². The summed E-state index contributed by atoms with van der Waals surface area (Å²) in [7, 11) is 0. The molecule has 0 radical (unpaired) electrons. The highest BCUT2D eigenvalue weighted by Crippen LogP contribution is 2.42. The number of carboxylic acids is 1. The van der Waals surface area contributed by atoms with Crippen LogP contribution in [0.5, 0.6) is 0 Å². The second kappa shape index (κ2) is 19.2. The van der Waals surface area contributed by atoms with Crippen molar-refractivity contribution in [1.29, 1.82) is 5.26 Å². The highest BCUT2D eigenvalue weighted by Gasteiger charge is 2.22. The number of hydrogen-bond acceptors (Lipinski definition) is 5. The number of nitriles is 1. The third-order valence-corrected chi connectivity index (χ3v) is 13.9. The summed E-state index contributed by atoms with van der Waals surface area (Å²) >= 11 is 0. The van der Waals surface area contributed by atoms with Crippen LogP contribution in [-0.2, 0) is 4.79 Å². The smallest absolute Gasteiger partial charge is 0.346 e. The van der Waals surface area contributed by atoms with Crippen LogP contribution in [-0.4, -0.2) is 31.0 Å². The Labute approximate surface area is 430 Å². The lowest BCUT2D eigenvalue weighted by atomic mass is 9.92. The molecule has 0 fully saturated rings. The van der Waals surface area contributed by atoms with E-state index in [1.807, 2.05) is 36.4 Å². The van der Waals surface area contributed by atoms with Crippen molar-refractivity contribution in [3.8, 4) is 50.6 Å². The lowest BCUT2D eigenvalue weighted by Gasteiger charge is -2.25. The maximum absolute atomic E-state index is 11.8. The Kier molecular flexibility index (Phi) is 12.1. The molecule has 2 aliphatic rings. The number of hydrogen-bond donors (Lipinski definition) is 3. The van der Waals surface area contributed by atoms with E-state index in [1.54, 1.807) is 6.07 Å². The van der Waals surface area contributed by atoms with Crippen LogP contribution >= 0.6 is 0 Å². The number of carboxylic acid groups (broad SMARTS) is 1. The SMILES string of the molecule is Cc1cc(C)c(-c2c3nc(c(-c4ccc(N(c5ccccc5)c5ccccc5)cc4)c4ccc([nH]4)c(-c4c(C)cc(C)cc4C)c4nc(c(-c5ccc(/C=C(/C#N)C(=O)O)cc5)c5ccc2[nH]5)C=C4)C=C3)c(C)c1. The quantitative estimate of drug-likeness (QED) is 0.0978. The third kappa shape index (κ3) is 8.71. The molecule has 8 bridgehead atoms. The first kappa shape index (κ1) is 46.8. The number of carbonyl (C=O) groups is 1. The molecule has 9 aromatic rings. The van der Waals surface area contributed by atoms with Crippen LogP contribution in [0.2, 0.25) is 0 Å². The predicted molar refractivity (Wildman–Crippen MR) is 305 cm³/mol. The summed E-state index contributed by atoms with van der Waals surface area (Å²) in [5.41, 5.74) is 25.0. The van der Waals surface area contributed by atoms with Crippen LogP contribution in [0.25, 0.3) is 97.0 Å². The van der Waals surface area contributed by atoms with Crippen molar-refractivity contribution in [2.75, 3.05) is 4.90 Å². The average Bonchev–Trinajstić information content (AvgIpc) is 4.25. The predicted octanol–water partition coefficient (Wildman–Crippen LogP) is 16.6. The molecule has 358 valence electrons. The number of nitrogens with zero attached hydrogens (tertiary/aromatic N) is 4. The normalized spacial score (nSPS) is 12.0. The van der Waals surface area contributed by atoms with E-state index in [0.29, 0.717) is 5.56 Å². The van der Waals surface area contributed by atoms with Crippen LogP contribution in [0.1, 0.15) is 61.7 Å². The minimum Gasteiger partial charge on any atom is -0.477 e. The highest BCUT2D eigenvalue weighted by atomic mass is 16.4. The minimum absolute atomic E-state index is 0.339. The Morgan fingerprint density at radius 1 is 0.473 bits per heavy atom. The standard InChI is InChI=1S/C66H52N6O2/c1-39-33-41(3)60(42(4)34-39)64-56-29-25-52(68-56)62(46-19-17-45(18-20-46)37-48(38-67)66(73)74)53-26-30-57(69-53)65(61-43(5)35-40(2)36-44(61)6)59-32-28-55(71-59)63(54-27-31-58(64)70-54)47-21-23-51(24-22-47)72(49-13-9-7-10-14-49)50-15-11-8-12-16-50/h7-37,68,71H,1-6H3,(H,73,74)/b48-37-,62-52?,62-53?,63-54?,63-55?,64-56?,64-58?,65-57?,65-59?. The van der Waals surface area contributed by atoms with Crippen LogP contribution in [0.4, 0.5) is 17.1 Å². The molecule has 0 spiro atoms. The maximum atomic E-state index is 11.8. The molecule has 8 nitrogen and oxygen atoms in total. The summed E-state index contributed by atoms with van der Waals surface area (Å²) in [6.07, 6.45) is 9.84. The molecule has 3 N–H and O–H groups in total. The van der Waals surface area contributed by atoms with Gasteiger partial charge in [-0.3, -0.25) is 0 Å². The van der Waals surface area contributed by atoms with Crippen LogP contribution in [0.3, 0.4) is 0 Å². The van der Waals surface area contributed by atoms with Gasteiger partial charge >= 0.3 is 5.97 Å². The van der Waals surface area contributed by atoms with E-state index < -0.39 is 5.97 Å². The summed E-state index contributed by atoms with van der Waals surface area (Å²) in [6, 6.07) is 56.5. The first-order valence-electron chi connectivity index (χ1n) is 24.7. The lowest BCUT2D eigenvalue weighted by molar-refractivity contribution is -0.132. The molecule has 2 aliphatic heterocycles. The van der Waals surface area contributed by atoms with Gasteiger partial charge in [0.15, 0.2) is 0 Å². The maximum Gasteiger partial charge on any atom is 0.346 e. The molecule has 0 amide bonds. The van der Waals surface area contributed by atoms with Gasteiger partial charge in [0, 0.05) is 61.4 Å². The second-order valence-electron chi connectivity index (χ2n) is 19.2. The molecule has 8 heteroatoms. The Morgan fingerprint density at radius 2 is 0.824 bits per heavy atom. The summed E-state index contributed by atoms with van der Waals surface area (Å²) in [5, 5.41) is 19.2. The van der Waals surface area contributed by atoms with Gasteiger partial charge in [0.05, 0.1) is 22.8 Å². The number of aromatic nitrogens is 4. The van der Waals surface area contributed by atoms with Gasteiger partial charge in [0.2, 0.25) is 0 Å². The minimum atomic E-state index is -1.27. The monoisotopic (exact) mass is 960 g/mol. The Morgan fingerprint density at radius 3 is 1.20 bits per heavy atom. The van der Waals surface area contributed by atoms with E-state index in [-0.39, 0.29) is 5.57 Å². The summed E-state index contributed by atoms with van der Waals surface area (Å²) in [4.78, 5) is 33.0. The summed E-state index contributed by atoms with van der Waals surface area (Å²) in [5.74, 6) is -1.27. The Balaban J connectivity index is 1.23. The first-order valence-corrected chi connectivity index (χ1v) is 24.7. The number of fused-ring (bicyclic) bond motifs is 8. The topological polar surface area (TPSA) is 122 Å². The molecule has 0 saturated heterocycles. The van der Waals surface area contributed by atoms with E-state index in [1.165, 1.54) is 17.2 Å². The molecule has 6 aromatic carbocycles. The molecule has 74 heavy (non-hydrogen) atoms. The van der Waals surface area contributed by atoms with Crippen molar-refractivity contribution >= 4 is 75.5 Å². The summed E-state index contributed by atoms with van der Waals surface area (Å²) in [6.45, 7) is 12.9. The number of aryl methyl sites for hydroxylation is 6. The van der Waals surface area contributed by atoms with Crippen molar-refractivity contribution in [1.82, 2.24) is 19.9 Å². The van der Waals surface area contributed by atoms with E-state index in [0.717, 1.165) is 129 Å². The number of anilines is 3. The fourth-order valence-corrected chi connectivity index (χ4v) is 10.9. The van der Waals surface area contributed by atoms with E-state index in [2.05, 4.69) is 202 Å². The van der Waals surface area contributed by atoms with Crippen LogP contribution in [0, 0.1) is 52.9 Å². The van der Waals surface area contributed by atoms with Gasteiger partial charge < -0.3 is 20.0 Å². The molecule has 11 rings (SSSR count). The van der Waals surface area contributed by atoms with Crippen molar-refractivity contribution in [2.45, 2.75) is 41.5 Å². The molecule has 5 heterocycles.